The molecule has 0 spiro atoms. The first-order valence-corrected chi connectivity index (χ1v) is 6.76. The van der Waals surface area contributed by atoms with Gasteiger partial charge in [-0.2, -0.15) is 0 Å². The van der Waals surface area contributed by atoms with Crippen molar-refractivity contribution >= 4 is 17.3 Å². The van der Waals surface area contributed by atoms with Gasteiger partial charge in [0.05, 0.1) is 12.2 Å². The molecular weight excluding hydrogens is 279 g/mol. The number of hydrogen-bond acceptors (Lipinski definition) is 3. The summed E-state index contributed by atoms with van der Waals surface area (Å²) in [5.74, 6) is 0.266. The van der Waals surface area contributed by atoms with Crippen molar-refractivity contribution in [2.24, 2.45) is 5.73 Å². The number of hydrogen-bond donors (Lipinski definition) is 2. The van der Waals surface area contributed by atoms with Crippen molar-refractivity contribution in [2.45, 2.75) is 6.10 Å². The van der Waals surface area contributed by atoms with E-state index in [0.717, 1.165) is 5.56 Å². The Morgan fingerprint density at radius 2 is 2.10 bits per heavy atom. The molecule has 0 radical (unpaired) electrons. The van der Waals surface area contributed by atoms with Gasteiger partial charge in [-0.25, -0.2) is 4.39 Å². The van der Waals surface area contributed by atoms with E-state index in [-0.39, 0.29) is 11.9 Å². The second kappa shape index (κ2) is 5.31. The number of nitrogens with two attached hydrogens (primary N) is 1. The monoisotopic (exact) mass is 292 g/mol. The largest absolute Gasteiger partial charge is 0.484 e. The Hall–Kier alpha value is -1.78. The van der Waals surface area contributed by atoms with Gasteiger partial charge in [0.1, 0.15) is 11.9 Å². The Morgan fingerprint density at radius 3 is 2.85 bits per heavy atom. The number of halogens is 2. The van der Waals surface area contributed by atoms with Crippen LogP contribution in [-0.4, -0.2) is 19.2 Å². The molecule has 1 aliphatic rings. The Kier molecular flexibility index (Phi) is 3.51. The van der Waals surface area contributed by atoms with Crippen molar-refractivity contribution in [2.75, 3.05) is 18.4 Å². The zero-order chi connectivity index (χ0) is 14.1. The summed E-state index contributed by atoms with van der Waals surface area (Å²) in [6, 6.07) is 10.1. The summed E-state index contributed by atoms with van der Waals surface area (Å²) in [4.78, 5) is 0. The molecular formula is C15H14ClFN2O. The van der Waals surface area contributed by atoms with E-state index in [9.17, 15) is 4.39 Å². The molecule has 1 unspecified atom stereocenters. The molecule has 0 fully saturated rings. The van der Waals surface area contributed by atoms with Crippen molar-refractivity contribution in [3.8, 4) is 16.9 Å². The summed E-state index contributed by atoms with van der Waals surface area (Å²) >= 11 is 6.20. The lowest BCUT2D eigenvalue weighted by Crippen LogP contribution is -2.37. The van der Waals surface area contributed by atoms with Gasteiger partial charge in [0.2, 0.25) is 0 Å². The van der Waals surface area contributed by atoms with Crippen LogP contribution in [0.15, 0.2) is 36.4 Å². The van der Waals surface area contributed by atoms with Crippen LogP contribution in [0.5, 0.6) is 5.75 Å². The predicted molar refractivity (Wildman–Crippen MR) is 78.8 cm³/mol. The third-order valence-corrected chi connectivity index (χ3v) is 3.61. The summed E-state index contributed by atoms with van der Waals surface area (Å²) in [7, 11) is 0. The minimum absolute atomic E-state index is 0.130. The Bertz CT molecular complexity index is 648. The Balaban J connectivity index is 2.16. The Labute approximate surface area is 121 Å². The van der Waals surface area contributed by atoms with Crippen LogP contribution in [0.4, 0.5) is 10.1 Å². The molecule has 1 aliphatic heterocycles. The lowest BCUT2D eigenvalue weighted by Gasteiger charge is -2.28. The summed E-state index contributed by atoms with van der Waals surface area (Å²) in [6.45, 7) is 0.959. The van der Waals surface area contributed by atoms with Crippen LogP contribution in [0, 0.1) is 5.82 Å². The van der Waals surface area contributed by atoms with E-state index in [4.69, 9.17) is 22.1 Å². The number of ether oxygens (including phenoxy) is 1. The molecule has 0 saturated carbocycles. The molecule has 2 aromatic carbocycles. The zero-order valence-electron chi connectivity index (χ0n) is 10.7. The summed E-state index contributed by atoms with van der Waals surface area (Å²) in [5.41, 5.74) is 7.65. The molecule has 3 N–H and O–H groups in total. The topological polar surface area (TPSA) is 47.3 Å². The van der Waals surface area contributed by atoms with Crippen LogP contribution in [0.2, 0.25) is 5.02 Å². The molecule has 0 saturated heterocycles. The second-order valence-electron chi connectivity index (χ2n) is 4.67. The molecule has 0 bridgehead atoms. The summed E-state index contributed by atoms with van der Waals surface area (Å²) in [6.07, 6.45) is -0.130. The highest BCUT2D eigenvalue weighted by molar-refractivity contribution is 6.33. The van der Waals surface area contributed by atoms with Crippen molar-refractivity contribution in [1.29, 1.82) is 0 Å². The first kappa shape index (κ1) is 13.2. The predicted octanol–water partition coefficient (Wildman–Crippen LogP) is 3.28. The van der Waals surface area contributed by atoms with Gasteiger partial charge in [0.25, 0.3) is 0 Å². The van der Waals surface area contributed by atoms with E-state index < -0.39 is 0 Å². The van der Waals surface area contributed by atoms with Crippen LogP contribution in [0.3, 0.4) is 0 Å². The molecule has 2 aromatic rings. The number of anilines is 1. The van der Waals surface area contributed by atoms with Crippen LogP contribution in [0.25, 0.3) is 11.1 Å². The average Bonchev–Trinajstić information content (AvgIpc) is 2.46. The molecule has 3 rings (SSSR count). The van der Waals surface area contributed by atoms with E-state index in [0.29, 0.717) is 35.1 Å². The quantitative estimate of drug-likeness (QED) is 0.893. The van der Waals surface area contributed by atoms with Crippen LogP contribution >= 0.6 is 11.6 Å². The highest BCUT2D eigenvalue weighted by atomic mass is 35.5. The fourth-order valence-electron chi connectivity index (χ4n) is 2.30. The van der Waals surface area contributed by atoms with Gasteiger partial charge in [-0.3, -0.25) is 0 Å². The Morgan fingerprint density at radius 1 is 1.30 bits per heavy atom. The molecule has 0 aromatic heterocycles. The highest BCUT2D eigenvalue weighted by Crippen LogP contribution is 2.42. The third-order valence-electron chi connectivity index (χ3n) is 3.29. The smallest absolute Gasteiger partial charge is 0.151 e. The lowest BCUT2D eigenvalue weighted by molar-refractivity contribution is 0.215. The fraction of sp³-hybridized carbons (Fsp3) is 0.200. The van der Waals surface area contributed by atoms with Crippen LogP contribution in [0.1, 0.15) is 0 Å². The number of benzene rings is 2. The maximum Gasteiger partial charge on any atom is 0.151 e. The SMILES string of the molecule is NCC1CNc2cc(F)cc(-c3ccccc3Cl)c2O1. The van der Waals surface area contributed by atoms with Crippen molar-refractivity contribution < 1.29 is 9.13 Å². The minimum Gasteiger partial charge on any atom is -0.484 e. The lowest BCUT2D eigenvalue weighted by atomic mass is 10.0. The van der Waals surface area contributed by atoms with Crippen LogP contribution in [-0.2, 0) is 0 Å². The number of rotatable bonds is 2. The van der Waals surface area contributed by atoms with Gasteiger partial charge < -0.3 is 15.8 Å². The molecule has 104 valence electrons. The van der Waals surface area contributed by atoms with E-state index >= 15 is 0 Å². The molecule has 3 nitrogen and oxygen atoms in total. The molecule has 1 heterocycles. The van der Waals surface area contributed by atoms with Crippen molar-refractivity contribution in [1.82, 2.24) is 0 Å². The van der Waals surface area contributed by atoms with Gasteiger partial charge in [0, 0.05) is 28.8 Å². The minimum atomic E-state index is -0.332. The third kappa shape index (κ3) is 2.32. The van der Waals surface area contributed by atoms with Crippen LogP contribution < -0.4 is 15.8 Å². The van der Waals surface area contributed by atoms with Gasteiger partial charge in [-0.05, 0) is 12.1 Å². The first-order valence-electron chi connectivity index (χ1n) is 6.38. The van der Waals surface area contributed by atoms with E-state index in [1.165, 1.54) is 12.1 Å². The molecule has 0 aliphatic carbocycles. The van der Waals surface area contributed by atoms with E-state index in [1.807, 2.05) is 18.2 Å². The van der Waals surface area contributed by atoms with Gasteiger partial charge in [-0.1, -0.05) is 29.8 Å². The van der Waals surface area contributed by atoms with Gasteiger partial charge in [-0.15, -0.1) is 0 Å². The van der Waals surface area contributed by atoms with Crippen molar-refractivity contribution in [3.63, 3.8) is 0 Å². The van der Waals surface area contributed by atoms with Gasteiger partial charge in [0.15, 0.2) is 5.75 Å². The number of nitrogens with one attached hydrogen (secondary N) is 1. The first-order chi connectivity index (χ1) is 9.69. The fourth-order valence-corrected chi connectivity index (χ4v) is 2.53. The van der Waals surface area contributed by atoms with E-state index in [2.05, 4.69) is 5.32 Å². The van der Waals surface area contributed by atoms with Gasteiger partial charge >= 0.3 is 0 Å². The summed E-state index contributed by atoms with van der Waals surface area (Å²) < 4.78 is 19.7. The molecule has 1 atom stereocenters. The second-order valence-corrected chi connectivity index (χ2v) is 5.07. The molecule has 20 heavy (non-hydrogen) atoms. The maximum absolute atomic E-state index is 13.8. The zero-order valence-corrected chi connectivity index (χ0v) is 11.5. The molecule has 5 heteroatoms. The summed E-state index contributed by atoms with van der Waals surface area (Å²) in [5, 5.41) is 3.70. The maximum atomic E-state index is 13.8. The standard InChI is InChI=1S/C15H14ClFN2O/c16-13-4-2-1-3-11(13)12-5-9(17)6-14-15(12)20-10(7-18)8-19-14/h1-6,10,19H,7-8,18H2. The van der Waals surface area contributed by atoms with Crippen molar-refractivity contribution in [3.05, 3.63) is 47.2 Å². The normalized spacial score (nSPS) is 17.1. The average molecular weight is 293 g/mol. The highest BCUT2D eigenvalue weighted by Gasteiger charge is 2.23. The number of fused-ring (bicyclic) bond motifs is 1. The van der Waals surface area contributed by atoms with E-state index in [1.54, 1.807) is 6.07 Å². The molecule has 0 amide bonds.